The first kappa shape index (κ1) is 69.6. The number of hydrogen-bond donors (Lipinski definition) is 2. The van der Waals surface area contributed by atoms with Gasteiger partial charge in [-0.25, -0.2) is 49.6 Å². The molecule has 5 aromatic heterocycles. The molecule has 2 N–H and O–H groups in total. The quantitative estimate of drug-likeness (QED) is 0.0664. The Kier molecular flexibility index (Phi) is 20.2. The maximum absolute atomic E-state index is 13.2. The number of Topliss-reactive ketones (excluding diaryl/α,β-unsaturated/α-hetero) is 1. The molecule has 14 aromatic rings. The van der Waals surface area contributed by atoms with Crippen molar-refractivity contribution in [2.75, 3.05) is 0 Å². The minimum atomic E-state index is -3.87. The van der Waals surface area contributed by atoms with Crippen LogP contribution in [0.4, 0.5) is 0 Å². The lowest BCUT2D eigenvalue weighted by molar-refractivity contribution is 0.0973. The lowest BCUT2D eigenvalue weighted by atomic mass is 9.86. The fourth-order valence-electron chi connectivity index (χ4n) is 12.0. The topological polar surface area (TPSA) is 226 Å². The van der Waals surface area contributed by atoms with Gasteiger partial charge in [-0.15, -0.1) is 0 Å². The van der Waals surface area contributed by atoms with Crippen molar-refractivity contribution in [3.05, 3.63) is 325 Å². The number of allylic oxidation sites excluding steroid dienone is 3. The van der Waals surface area contributed by atoms with Crippen LogP contribution >= 0.6 is 0 Å². The Bertz CT molecular complexity index is 5820. The highest BCUT2D eigenvalue weighted by molar-refractivity contribution is 7.91. The smallest absolute Gasteiger partial charge is 0.268 e. The molecule has 1 aliphatic rings. The first-order valence-corrected chi connectivity index (χ1v) is 37.3. The number of ketones is 2. The molecule has 9 aromatic carbocycles. The van der Waals surface area contributed by atoms with Crippen LogP contribution in [0.25, 0.3) is 54.5 Å². The summed E-state index contributed by atoms with van der Waals surface area (Å²) in [6.07, 6.45) is 5.96. The molecule has 99 heavy (non-hydrogen) atoms. The van der Waals surface area contributed by atoms with Crippen molar-refractivity contribution in [2.24, 2.45) is 0 Å². The average Bonchev–Trinajstić information content (AvgIpc) is 1.55. The number of para-hydroxylation sites is 5. The van der Waals surface area contributed by atoms with Gasteiger partial charge in [0.1, 0.15) is 17.5 Å². The van der Waals surface area contributed by atoms with Crippen molar-refractivity contribution in [2.45, 2.75) is 79.1 Å². The molecule has 1 aliphatic carbocycles. The van der Waals surface area contributed by atoms with Crippen molar-refractivity contribution in [3.63, 3.8) is 0 Å². The van der Waals surface area contributed by atoms with Gasteiger partial charge in [0.15, 0.2) is 5.78 Å². The highest BCUT2D eigenvalue weighted by Crippen LogP contribution is 2.46. The largest absolute Gasteiger partial charge is 0.383 e. The number of nitrogens with one attached hydrogen (secondary N) is 1. The van der Waals surface area contributed by atoms with Gasteiger partial charge in [-0.2, -0.15) is 0 Å². The van der Waals surface area contributed by atoms with E-state index in [2.05, 4.69) is 23.2 Å². The van der Waals surface area contributed by atoms with Crippen LogP contribution in [0.3, 0.4) is 0 Å². The summed E-state index contributed by atoms with van der Waals surface area (Å²) in [7, 11) is -15.0. The first-order chi connectivity index (χ1) is 47.3. The Morgan fingerprint density at radius 1 is 0.455 bits per heavy atom. The third kappa shape index (κ3) is 14.3. The second-order valence-corrected chi connectivity index (χ2v) is 31.7. The number of aliphatic hydroxyl groups excluding tert-OH is 1. The zero-order valence-electron chi connectivity index (χ0n) is 54.9. The van der Waals surface area contributed by atoms with E-state index in [1.54, 1.807) is 202 Å². The molecule has 0 spiro atoms. The molecule has 0 saturated heterocycles. The van der Waals surface area contributed by atoms with E-state index in [9.17, 15) is 48.4 Å². The third-order valence-electron chi connectivity index (χ3n) is 16.4. The number of hydrogen-bond acceptors (Lipinski definition) is 11. The zero-order chi connectivity index (χ0) is 70.4. The van der Waals surface area contributed by atoms with Gasteiger partial charge in [0, 0.05) is 45.9 Å². The van der Waals surface area contributed by atoms with Crippen molar-refractivity contribution >= 4 is 106 Å². The molecule has 20 heteroatoms. The predicted octanol–water partition coefficient (Wildman–Crippen LogP) is 16.7. The Balaban J connectivity index is 0.000000128. The van der Waals surface area contributed by atoms with Gasteiger partial charge >= 0.3 is 0 Å². The summed E-state index contributed by atoms with van der Waals surface area (Å²) in [6, 6.07) is 77.6. The van der Waals surface area contributed by atoms with Gasteiger partial charge in [-0.1, -0.05) is 195 Å². The molecule has 0 aliphatic heterocycles. The maximum atomic E-state index is 13.2. The Hall–Kier alpha value is -10.7. The number of fused-ring (bicyclic) bond motifs is 7. The lowest BCUT2D eigenvalue weighted by Crippen LogP contribution is -2.17. The van der Waals surface area contributed by atoms with E-state index in [0.29, 0.717) is 50.2 Å². The molecule has 1 atom stereocenters. The molecule has 16 nitrogen and oxygen atoms in total. The summed E-state index contributed by atoms with van der Waals surface area (Å²) in [6.45, 7) is 11.3. The molecule has 15 rings (SSSR count). The fraction of sp³-hybridized carbons (Fsp3) is 0.114. The van der Waals surface area contributed by atoms with Gasteiger partial charge in [-0.3, -0.25) is 9.59 Å². The van der Waals surface area contributed by atoms with E-state index in [0.717, 1.165) is 36.8 Å². The summed E-state index contributed by atoms with van der Waals surface area (Å²) >= 11 is 0. The molecule has 0 bridgehead atoms. The van der Waals surface area contributed by atoms with Gasteiger partial charge in [0.25, 0.3) is 40.1 Å². The maximum Gasteiger partial charge on any atom is 0.268 e. The number of carbonyl (C=O) groups excluding carboxylic acids is 2. The van der Waals surface area contributed by atoms with E-state index in [4.69, 9.17) is 0 Å². The molecule has 0 radical (unpaired) electrons. The van der Waals surface area contributed by atoms with Crippen LogP contribution in [0.5, 0.6) is 0 Å². The number of benzene rings is 9. The number of aliphatic hydroxyl groups is 1. The highest BCUT2D eigenvalue weighted by Gasteiger charge is 2.43. The normalized spacial score (nSPS) is 13.0. The average molecular weight is 1390 g/mol. The second kappa shape index (κ2) is 28.8. The minimum Gasteiger partial charge on any atom is -0.383 e. The Labute approximate surface area is 575 Å². The monoisotopic (exact) mass is 1390 g/mol. The summed E-state index contributed by atoms with van der Waals surface area (Å²) in [4.78, 5) is 29.2. The molecule has 0 fully saturated rings. The number of aromatic amines is 1. The van der Waals surface area contributed by atoms with Crippen LogP contribution in [0.15, 0.2) is 322 Å². The molecule has 1 unspecified atom stereocenters. The number of H-pyrrole nitrogens is 1. The van der Waals surface area contributed by atoms with E-state index >= 15 is 0 Å². The van der Waals surface area contributed by atoms with Crippen LogP contribution in [-0.4, -0.2) is 71.2 Å². The fourth-order valence-corrected chi connectivity index (χ4v) is 18.0. The van der Waals surface area contributed by atoms with Gasteiger partial charge < -0.3 is 10.1 Å². The van der Waals surface area contributed by atoms with Crippen LogP contribution in [0.2, 0.25) is 0 Å². The van der Waals surface area contributed by atoms with Gasteiger partial charge in [-0.05, 0) is 153 Å². The Morgan fingerprint density at radius 3 is 1.40 bits per heavy atom. The summed E-state index contributed by atoms with van der Waals surface area (Å²) in [5.41, 5.74) is 6.49. The summed E-state index contributed by atoms with van der Waals surface area (Å²) in [5, 5.41) is 15.0. The highest BCUT2D eigenvalue weighted by atomic mass is 32.2. The van der Waals surface area contributed by atoms with E-state index in [1.165, 1.54) is 41.0 Å². The number of aromatic nitrogens is 5. The lowest BCUT2D eigenvalue weighted by Gasteiger charge is -2.16. The van der Waals surface area contributed by atoms with E-state index < -0.39 is 46.2 Å². The first-order valence-electron chi connectivity index (χ1n) is 31.5. The molecular weight excluding hydrogens is 1320 g/mol. The SMILES string of the molecule is CC(C)=CC(=O)c1cc2ccccc2n1S(=O)(=O)c1ccccc1.CC(C)=CC(O)c1cc2ccccc2n1S(=O)(=O)c1ccccc1.CC1(C)CC(=O)c2c1c1ccccc1n2S(=O)(=O)c1ccccc1.O=S(=O)(c1ccccc1)n1ccc2ccccc21.c1ccc2[nH]ccc2c1. The van der Waals surface area contributed by atoms with Crippen LogP contribution < -0.4 is 0 Å². The van der Waals surface area contributed by atoms with Crippen molar-refractivity contribution in [3.8, 4) is 0 Å². The molecule has 0 amide bonds. The molecule has 0 saturated carbocycles. The predicted molar refractivity (Wildman–Crippen MR) is 392 cm³/mol. The minimum absolute atomic E-state index is 0.120. The summed E-state index contributed by atoms with van der Waals surface area (Å²) in [5.74, 6) is -0.448. The Morgan fingerprint density at radius 2 is 0.879 bits per heavy atom. The molecular formula is C79H71N5O11S4. The van der Waals surface area contributed by atoms with Crippen LogP contribution in [-0.2, 0) is 45.5 Å². The van der Waals surface area contributed by atoms with Crippen molar-refractivity contribution in [1.29, 1.82) is 0 Å². The zero-order valence-corrected chi connectivity index (χ0v) is 58.2. The van der Waals surface area contributed by atoms with Crippen LogP contribution in [0.1, 0.15) is 86.3 Å². The second-order valence-electron chi connectivity index (χ2n) is 24.5. The van der Waals surface area contributed by atoms with Gasteiger partial charge in [0.05, 0.1) is 47.3 Å². The number of rotatable bonds is 12. The van der Waals surface area contributed by atoms with Crippen molar-refractivity contribution < 1.29 is 48.4 Å². The molecule has 5 heterocycles. The number of nitrogens with zero attached hydrogens (tertiary/aromatic N) is 4. The van der Waals surface area contributed by atoms with Crippen LogP contribution in [0, 0.1) is 0 Å². The number of carbonyl (C=O) groups is 2. The standard InChI is InChI=1S/C19H17NO3S.C19H19NO3S.C19H17NO3S.C14H11NO2S.C8H7N/c1-19(2)12-16(21)18-17(19)14-10-6-7-11-15(14)20(18)24(22,23)13-8-4-3-5-9-13;2*1-14(2)12-19(21)18-13-15-8-6-7-11-17(15)20(18)24(22,23)16-9-4-3-5-10-16;16-18(17,13-7-2-1-3-8-13)15-11-10-12-6-4-5-9-14(12)15;1-2-4-8-7(3-1)5-6-9-8/h3-11H,12H2,1-2H3;3-13,19,21H,1-2H3;3-13H,1-2H3;1-11H;1-6,9H. The summed E-state index contributed by atoms with van der Waals surface area (Å²) < 4.78 is 109. The van der Waals surface area contributed by atoms with E-state index in [1.807, 2.05) is 94.6 Å². The van der Waals surface area contributed by atoms with E-state index in [-0.39, 0.29) is 37.4 Å². The van der Waals surface area contributed by atoms with Crippen molar-refractivity contribution in [1.82, 2.24) is 20.9 Å². The van der Waals surface area contributed by atoms with Gasteiger partial charge in [0.2, 0.25) is 5.78 Å². The molecule has 502 valence electrons. The third-order valence-corrected chi connectivity index (χ3v) is 23.3.